The molecule has 2 N–H and O–H groups in total. The van der Waals surface area contributed by atoms with E-state index in [0.717, 1.165) is 19.1 Å². The molecule has 2 atom stereocenters. The molecule has 0 bridgehead atoms. The van der Waals surface area contributed by atoms with Crippen molar-refractivity contribution in [3.8, 4) is 0 Å². The third kappa shape index (κ3) is 6.35. The van der Waals surface area contributed by atoms with Crippen LogP contribution in [0.15, 0.2) is 0 Å². The molecule has 1 aliphatic rings. The molecule has 1 saturated heterocycles. The van der Waals surface area contributed by atoms with Gasteiger partial charge in [0, 0.05) is 24.9 Å². The molecule has 2 unspecified atom stereocenters. The molecule has 1 aliphatic heterocycles. The van der Waals surface area contributed by atoms with Crippen LogP contribution in [0.25, 0.3) is 0 Å². The fraction of sp³-hybridized carbons (Fsp3) is 1.00. The lowest BCUT2D eigenvalue weighted by molar-refractivity contribution is 0.366. The molecule has 102 valence electrons. The predicted molar refractivity (Wildman–Crippen MR) is 67.1 cm³/mol. The largest absolute Gasteiger partial charge is 0.313 e. The van der Waals surface area contributed by atoms with Crippen LogP contribution in [0.3, 0.4) is 0 Å². The minimum absolute atomic E-state index is 0.129. The van der Waals surface area contributed by atoms with E-state index in [2.05, 4.69) is 10.0 Å². The van der Waals surface area contributed by atoms with Crippen LogP contribution in [0.1, 0.15) is 19.8 Å². The summed E-state index contributed by atoms with van der Waals surface area (Å²) >= 11 is 0. The lowest BCUT2D eigenvalue weighted by Gasteiger charge is -2.28. The van der Waals surface area contributed by atoms with E-state index < -0.39 is 19.9 Å². The maximum absolute atomic E-state index is 11.6. The van der Waals surface area contributed by atoms with Crippen LogP contribution < -0.4 is 10.0 Å². The first-order valence-electron chi connectivity index (χ1n) is 5.59. The molecule has 1 rings (SSSR count). The van der Waals surface area contributed by atoms with Crippen LogP contribution in [0.4, 0.5) is 0 Å². The Morgan fingerprint density at radius 3 is 2.29 bits per heavy atom. The summed E-state index contributed by atoms with van der Waals surface area (Å²) in [5.74, 6) is -0.698. The molecular weight excluding hydrogens is 264 g/mol. The Labute approximate surface area is 103 Å². The Kier molecular flexibility index (Phi) is 4.94. The zero-order chi connectivity index (χ0) is 13.1. The summed E-state index contributed by atoms with van der Waals surface area (Å²) in [7, 11) is -6.74. The highest BCUT2D eigenvalue weighted by molar-refractivity contribution is 7.93. The van der Waals surface area contributed by atoms with Crippen molar-refractivity contribution in [3.05, 3.63) is 0 Å². The minimum Gasteiger partial charge on any atom is -0.313 e. The van der Waals surface area contributed by atoms with E-state index in [0.29, 0.717) is 12.6 Å². The predicted octanol–water partition coefficient (Wildman–Crippen LogP) is -0.909. The molecule has 0 aromatic heterocycles. The average molecular weight is 284 g/mol. The van der Waals surface area contributed by atoms with Gasteiger partial charge in [0.1, 0.15) is 9.84 Å². The maximum atomic E-state index is 11.6. The van der Waals surface area contributed by atoms with Crippen molar-refractivity contribution in [3.63, 3.8) is 0 Å². The van der Waals surface area contributed by atoms with Gasteiger partial charge >= 0.3 is 0 Å². The monoisotopic (exact) mass is 284 g/mol. The van der Waals surface area contributed by atoms with Gasteiger partial charge in [-0.2, -0.15) is 0 Å². The van der Waals surface area contributed by atoms with Gasteiger partial charge in [-0.15, -0.1) is 0 Å². The smallest absolute Gasteiger partial charge is 0.212 e. The van der Waals surface area contributed by atoms with Crippen LogP contribution in [0.2, 0.25) is 0 Å². The van der Waals surface area contributed by atoms with E-state index in [4.69, 9.17) is 0 Å². The number of hydrogen-bond acceptors (Lipinski definition) is 5. The van der Waals surface area contributed by atoms with Crippen molar-refractivity contribution in [2.75, 3.05) is 24.3 Å². The molecule has 0 saturated carbocycles. The van der Waals surface area contributed by atoms with Gasteiger partial charge in [0.15, 0.2) is 0 Å². The fourth-order valence-electron chi connectivity index (χ4n) is 1.67. The zero-order valence-corrected chi connectivity index (χ0v) is 11.8. The van der Waals surface area contributed by atoms with Gasteiger partial charge in [0.2, 0.25) is 10.0 Å². The van der Waals surface area contributed by atoms with Gasteiger partial charge in [-0.05, 0) is 19.8 Å². The Hall–Kier alpha value is -0.180. The second-order valence-corrected chi connectivity index (χ2v) is 8.78. The minimum atomic E-state index is -3.50. The average Bonchev–Trinajstić information content (AvgIpc) is 2.18. The standard InChI is InChI=1S/C9H20N2O4S2/c1-8-3-4-9(7-10-8)11-17(14,15)6-5-16(2,12)13/h8-11H,3-7H2,1-2H3. The van der Waals surface area contributed by atoms with Gasteiger partial charge < -0.3 is 5.32 Å². The quantitative estimate of drug-likeness (QED) is 0.682. The van der Waals surface area contributed by atoms with Crippen LogP contribution in [0, 0.1) is 0 Å². The lowest BCUT2D eigenvalue weighted by atomic mass is 10.0. The van der Waals surface area contributed by atoms with Crippen LogP contribution in [-0.4, -0.2) is 53.2 Å². The maximum Gasteiger partial charge on any atom is 0.212 e. The Balaban J connectivity index is 2.44. The summed E-state index contributed by atoms with van der Waals surface area (Å²) in [6.07, 6.45) is 2.73. The molecule has 0 aliphatic carbocycles. The highest BCUT2D eigenvalue weighted by atomic mass is 32.2. The van der Waals surface area contributed by atoms with Crippen molar-refractivity contribution >= 4 is 19.9 Å². The SMILES string of the molecule is CC1CCC(NS(=O)(=O)CCS(C)(=O)=O)CN1. The van der Waals surface area contributed by atoms with Gasteiger partial charge in [0.25, 0.3) is 0 Å². The van der Waals surface area contributed by atoms with Crippen LogP contribution in [0.5, 0.6) is 0 Å². The summed E-state index contributed by atoms with van der Waals surface area (Å²) in [6, 6.07) is 0.280. The second kappa shape index (κ2) is 5.64. The number of rotatable bonds is 5. The normalized spacial score (nSPS) is 26.9. The summed E-state index contributed by atoms with van der Waals surface area (Å²) < 4.78 is 47.6. The van der Waals surface area contributed by atoms with Gasteiger partial charge in [-0.25, -0.2) is 21.6 Å². The second-order valence-electron chi connectivity index (χ2n) is 4.65. The van der Waals surface area contributed by atoms with Crippen LogP contribution in [-0.2, 0) is 19.9 Å². The summed E-state index contributed by atoms with van der Waals surface area (Å²) in [6.45, 7) is 2.65. The Bertz CT molecular complexity index is 436. The molecule has 17 heavy (non-hydrogen) atoms. The molecule has 0 amide bonds. The van der Waals surface area contributed by atoms with E-state index in [9.17, 15) is 16.8 Å². The number of sulfonamides is 1. The molecular formula is C9H20N2O4S2. The van der Waals surface area contributed by atoms with Crippen LogP contribution >= 0.6 is 0 Å². The molecule has 6 nitrogen and oxygen atoms in total. The Morgan fingerprint density at radius 1 is 1.18 bits per heavy atom. The van der Waals surface area contributed by atoms with E-state index in [-0.39, 0.29) is 17.5 Å². The zero-order valence-electron chi connectivity index (χ0n) is 10.1. The lowest BCUT2D eigenvalue weighted by Crippen LogP contribution is -2.49. The van der Waals surface area contributed by atoms with Crippen molar-refractivity contribution in [1.29, 1.82) is 0 Å². The fourth-order valence-corrected chi connectivity index (χ4v) is 4.59. The summed E-state index contributed by atoms with van der Waals surface area (Å²) in [4.78, 5) is 0. The first-order valence-corrected chi connectivity index (χ1v) is 9.30. The topological polar surface area (TPSA) is 92.3 Å². The molecule has 8 heteroatoms. The van der Waals surface area contributed by atoms with Crippen molar-refractivity contribution < 1.29 is 16.8 Å². The van der Waals surface area contributed by atoms with Gasteiger partial charge in [0.05, 0.1) is 11.5 Å². The molecule has 0 aromatic rings. The molecule has 1 fully saturated rings. The Morgan fingerprint density at radius 2 is 1.82 bits per heavy atom. The number of sulfone groups is 1. The van der Waals surface area contributed by atoms with Gasteiger partial charge in [-0.1, -0.05) is 0 Å². The van der Waals surface area contributed by atoms with Crippen molar-refractivity contribution in [1.82, 2.24) is 10.0 Å². The summed E-state index contributed by atoms with van der Waals surface area (Å²) in [5.41, 5.74) is 0. The van der Waals surface area contributed by atoms with E-state index in [1.165, 1.54) is 0 Å². The molecule has 0 spiro atoms. The van der Waals surface area contributed by atoms with E-state index >= 15 is 0 Å². The summed E-state index contributed by atoms with van der Waals surface area (Å²) in [5, 5.41) is 3.18. The first kappa shape index (κ1) is 14.9. The first-order chi connectivity index (χ1) is 7.68. The third-order valence-electron chi connectivity index (χ3n) is 2.73. The number of hydrogen-bond donors (Lipinski definition) is 2. The molecule has 0 aromatic carbocycles. The number of nitrogens with one attached hydrogen (secondary N) is 2. The third-order valence-corrected chi connectivity index (χ3v) is 5.37. The van der Waals surface area contributed by atoms with E-state index in [1.54, 1.807) is 0 Å². The highest BCUT2D eigenvalue weighted by Gasteiger charge is 2.23. The van der Waals surface area contributed by atoms with Crippen molar-refractivity contribution in [2.45, 2.75) is 31.8 Å². The molecule has 1 heterocycles. The van der Waals surface area contributed by atoms with Crippen molar-refractivity contribution in [2.24, 2.45) is 0 Å². The van der Waals surface area contributed by atoms with E-state index in [1.807, 2.05) is 6.92 Å². The number of piperidine rings is 1. The molecule has 0 radical (unpaired) electrons. The van der Waals surface area contributed by atoms with Gasteiger partial charge in [-0.3, -0.25) is 0 Å². The highest BCUT2D eigenvalue weighted by Crippen LogP contribution is 2.08.